The summed E-state index contributed by atoms with van der Waals surface area (Å²) in [6.45, 7) is 5.12. The van der Waals surface area contributed by atoms with Gasteiger partial charge in [0.25, 0.3) is 0 Å². The van der Waals surface area contributed by atoms with Crippen molar-refractivity contribution in [3.05, 3.63) is 0 Å². The maximum atomic E-state index is 11.9. The van der Waals surface area contributed by atoms with Crippen LogP contribution in [0.1, 0.15) is 39.5 Å². The summed E-state index contributed by atoms with van der Waals surface area (Å²) in [4.78, 5) is 11.9. The molecule has 0 N–H and O–H groups in total. The van der Waals surface area contributed by atoms with Gasteiger partial charge in [-0.05, 0) is 24.7 Å². The molecular weight excluding hydrogens is 204 g/mol. The number of carbonyl (C=O) groups is 1. The third-order valence-electron chi connectivity index (χ3n) is 3.18. The van der Waals surface area contributed by atoms with E-state index in [-0.39, 0.29) is 11.9 Å². The molecule has 0 saturated heterocycles. The predicted octanol–water partition coefficient (Wildman–Crippen LogP) is 2.64. The molecule has 0 aromatic rings. The minimum Gasteiger partial charge on any atom is -0.465 e. The van der Waals surface area contributed by atoms with E-state index in [4.69, 9.17) is 9.47 Å². The van der Waals surface area contributed by atoms with E-state index < -0.39 is 0 Å². The molecule has 1 saturated carbocycles. The second-order valence-electron chi connectivity index (χ2n) is 5.13. The maximum Gasteiger partial charge on any atom is 0.311 e. The Morgan fingerprint density at radius 2 is 1.88 bits per heavy atom. The first-order chi connectivity index (χ1) is 7.65. The van der Waals surface area contributed by atoms with E-state index in [9.17, 15) is 4.79 Å². The van der Waals surface area contributed by atoms with Gasteiger partial charge in [0.15, 0.2) is 0 Å². The summed E-state index contributed by atoms with van der Waals surface area (Å²) in [5.74, 6) is 0.754. The molecule has 3 nitrogen and oxygen atoms in total. The zero-order chi connectivity index (χ0) is 12.0. The van der Waals surface area contributed by atoms with Crippen molar-refractivity contribution in [1.29, 1.82) is 0 Å². The van der Waals surface area contributed by atoms with Gasteiger partial charge in [0.1, 0.15) is 0 Å². The van der Waals surface area contributed by atoms with Gasteiger partial charge in [0.05, 0.1) is 19.1 Å². The van der Waals surface area contributed by atoms with Crippen molar-refractivity contribution in [1.82, 2.24) is 0 Å². The minimum absolute atomic E-state index is 0.0498. The molecule has 0 spiro atoms. The van der Waals surface area contributed by atoms with Crippen molar-refractivity contribution in [3.63, 3.8) is 0 Å². The minimum atomic E-state index is -0.0672. The molecule has 16 heavy (non-hydrogen) atoms. The monoisotopic (exact) mass is 228 g/mol. The molecule has 94 valence electrons. The Bertz CT molecular complexity index is 207. The van der Waals surface area contributed by atoms with Crippen LogP contribution < -0.4 is 0 Å². The fraction of sp³-hybridized carbons (Fsp3) is 0.923. The SMILES string of the molecule is COCC(C(=O)OCC(C)C)C1CCCC1. The zero-order valence-corrected chi connectivity index (χ0v) is 10.7. The van der Waals surface area contributed by atoms with Gasteiger partial charge >= 0.3 is 5.97 Å². The summed E-state index contributed by atoms with van der Waals surface area (Å²) < 4.78 is 10.5. The molecule has 1 aliphatic rings. The molecule has 1 rings (SSSR count). The molecule has 1 fully saturated rings. The number of hydrogen-bond donors (Lipinski definition) is 0. The van der Waals surface area contributed by atoms with Crippen LogP contribution in [0.25, 0.3) is 0 Å². The summed E-state index contributed by atoms with van der Waals surface area (Å²) in [6, 6.07) is 0. The lowest BCUT2D eigenvalue weighted by atomic mass is 9.91. The van der Waals surface area contributed by atoms with Crippen LogP contribution in [-0.2, 0) is 14.3 Å². The van der Waals surface area contributed by atoms with Crippen LogP contribution >= 0.6 is 0 Å². The van der Waals surface area contributed by atoms with Crippen LogP contribution in [0.15, 0.2) is 0 Å². The zero-order valence-electron chi connectivity index (χ0n) is 10.7. The fourth-order valence-corrected chi connectivity index (χ4v) is 2.29. The highest BCUT2D eigenvalue weighted by molar-refractivity contribution is 5.73. The fourth-order valence-electron chi connectivity index (χ4n) is 2.29. The molecule has 0 amide bonds. The van der Waals surface area contributed by atoms with Crippen molar-refractivity contribution in [3.8, 4) is 0 Å². The summed E-state index contributed by atoms with van der Waals surface area (Å²) >= 11 is 0. The van der Waals surface area contributed by atoms with Crippen LogP contribution in [0.3, 0.4) is 0 Å². The highest BCUT2D eigenvalue weighted by Crippen LogP contribution is 2.32. The van der Waals surface area contributed by atoms with E-state index in [0.717, 1.165) is 12.8 Å². The standard InChI is InChI=1S/C13H24O3/c1-10(2)8-16-13(14)12(9-15-3)11-6-4-5-7-11/h10-12H,4-9H2,1-3H3. The van der Waals surface area contributed by atoms with Gasteiger partial charge in [0.2, 0.25) is 0 Å². The second kappa shape index (κ2) is 6.89. The summed E-state index contributed by atoms with van der Waals surface area (Å²) in [5, 5.41) is 0. The van der Waals surface area contributed by atoms with Gasteiger partial charge in [-0.1, -0.05) is 26.7 Å². The van der Waals surface area contributed by atoms with E-state index in [1.165, 1.54) is 12.8 Å². The van der Waals surface area contributed by atoms with Crippen LogP contribution in [-0.4, -0.2) is 26.3 Å². The normalized spacial score (nSPS) is 19.0. The second-order valence-corrected chi connectivity index (χ2v) is 5.13. The van der Waals surface area contributed by atoms with E-state index in [1.54, 1.807) is 7.11 Å². The number of esters is 1. The molecule has 1 atom stereocenters. The van der Waals surface area contributed by atoms with Crippen LogP contribution in [0, 0.1) is 17.8 Å². The lowest BCUT2D eigenvalue weighted by Crippen LogP contribution is -2.29. The first-order valence-corrected chi connectivity index (χ1v) is 6.30. The Morgan fingerprint density at radius 3 is 2.38 bits per heavy atom. The summed E-state index contributed by atoms with van der Waals surface area (Å²) in [6.07, 6.45) is 4.76. The van der Waals surface area contributed by atoms with E-state index in [0.29, 0.717) is 25.0 Å². The van der Waals surface area contributed by atoms with Crippen LogP contribution in [0.4, 0.5) is 0 Å². The number of carbonyl (C=O) groups excluding carboxylic acids is 1. The number of ether oxygens (including phenoxy) is 2. The summed E-state index contributed by atoms with van der Waals surface area (Å²) in [7, 11) is 1.65. The maximum absolute atomic E-state index is 11.9. The third-order valence-corrected chi connectivity index (χ3v) is 3.18. The molecule has 0 bridgehead atoms. The molecule has 0 aromatic carbocycles. The van der Waals surface area contributed by atoms with Crippen LogP contribution in [0.2, 0.25) is 0 Å². The van der Waals surface area contributed by atoms with Crippen LogP contribution in [0.5, 0.6) is 0 Å². The Morgan fingerprint density at radius 1 is 1.25 bits per heavy atom. The average molecular weight is 228 g/mol. The van der Waals surface area contributed by atoms with E-state index in [2.05, 4.69) is 0 Å². The highest BCUT2D eigenvalue weighted by atomic mass is 16.5. The van der Waals surface area contributed by atoms with Crippen molar-refractivity contribution < 1.29 is 14.3 Å². The smallest absolute Gasteiger partial charge is 0.311 e. The Hall–Kier alpha value is -0.570. The third kappa shape index (κ3) is 4.12. The first-order valence-electron chi connectivity index (χ1n) is 6.30. The van der Waals surface area contributed by atoms with Crippen molar-refractivity contribution in [2.45, 2.75) is 39.5 Å². The number of hydrogen-bond acceptors (Lipinski definition) is 3. The van der Waals surface area contributed by atoms with Gasteiger partial charge in [-0.25, -0.2) is 0 Å². The number of rotatable bonds is 6. The lowest BCUT2D eigenvalue weighted by molar-refractivity contribution is -0.153. The molecule has 1 unspecified atom stereocenters. The topological polar surface area (TPSA) is 35.5 Å². The molecular formula is C13H24O3. The highest BCUT2D eigenvalue weighted by Gasteiger charge is 2.31. The molecule has 0 aliphatic heterocycles. The Balaban J connectivity index is 2.44. The Kier molecular flexibility index (Phi) is 5.81. The van der Waals surface area contributed by atoms with Crippen molar-refractivity contribution >= 4 is 5.97 Å². The summed E-state index contributed by atoms with van der Waals surface area (Å²) in [5.41, 5.74) is 0. The van der Waals surface area contributed by atoms with Gasteiger partial charge in [0, 0.05) is 7.11 Å². The number of methoxy groups -OCH3 is 1. The predicted molar refractivity (Wildman–Crippen MR) is 63.1 cm³/mol. The van der Waals surface area contributed by atoms with Gasteiger partial charge < -0.3 is 9.47 Å². The quantitative estimate of drug-likeness (QED) is 0.656. The molecule has 1 aliphatic carbocycles. The van der Waals surface area contributed by atoms with Crippen molar-refractivity contribution in [2.75, 3.05) is 20.3 Å². The van der Waals surface area contributed by atoms with Gasteiger partial charge in [-0.2, -0.15) is 0 Å². The largest absolute Gasteiger partial charge is 0.465 e. The Labute approximate surface area is 98.5 Å². The first kappa shape index (κ1) is 13.5. The van der Waals surface area contributed by atoms with E-state index in [1.807, 2.05) is 13.8 Å². The average Bonchev–Trinajstić information content (AvgIpc) is 2.75. The van der Waals surface area contributed by atoms with Crippen molar-refractivity contribution in [2.24, 2.45) is 17.8 Å². The van der Waals surface area contributed by atoms with E-state index >= 15 is 0 Å². The molecule has 3 heteroatoms. The molecule has 0 heterocycles. The van der Waals surface area contributed by atoms with Gasteiger partial charge in [-0.15, -0.1) is 0 Å². The molecule has 0 aromatic heterocycles. The van der Waals surface area contributed by atoms with Gasteiger partial charge in [-0.3, -0.25) is 4.79 Å². The molecule has 0 radical (unpaired) electrons. The lowest BCUT2D eigenvalue weighted by Gasteiger charge is -2.21.